The zero-order valence-electron chi connectivity index (χ0n) is 12.6. The number of rotatable bonds is 6. The SMILES string of the molecule is CC(=O)O[C@@H]1[C@@H](OC(C)=O)[C@H](OCCBr)OC[C@H]1OC(C)=O. The third kappa shape index (κ3) is 5.90. The van der Waals surface area contributed by atoms with Gasteiger partial charge in [-0.1, -0.05) is 15.9 Å². The molecule has 0 aromatic heterocycles. The molecule has 1 heterocycles. The van der Waals surface area contributed by atoms with Gasteiger partial charge >= 0.3 is 17.9 Å². The van der Waals surface area contributed by atoms with E-state index in [1.165, 1.54) is 20.8 Å². The summed E-state index contributed by atoms with van der Waals surface area (Å²) >= 11 is 3.20. The van der Waals surface area contributed by atoms with Crippen LogP contribution in [0, 0.1) is 0 Å². The van der Waals surface area contributed by atoms with Gasteiger partial charge in [-0.15, -0.1) is 0 Å². The minimum Gasteiger partial charge on any atom is -0.456 e. The quantitative estimate of drug-likeness (QED) is 0.373. The van der Waals surface area contributed by atoms with Crippen LogP contribution in [-0.2, 0) is 38.1 Å². The van der Waals surface area contributed by atoms with Gasteiger partial charge in [0.05, 0.1) is 13.2 Å². The molecule has 8 nitrogen and oxygen atoms in total. The van der Waals surface area contributed by atoms with Gasteiger partial charge in [0.2, 0.25) is 0 Å². The van der Waals surface area contributed by atoms with Gasteiger partial charge in [0.15, 0.2) is 24.6 Å². The van der Waals surface area contributed by atoms with Gasteiger partial charge in [-0.2, -0.15) is 0 Å². The molecule has 1 fully saturated rings. The Hall–Kier alpha value is -1.19. The van der Waals surface area contributed by atoms with Crippen LogP contribution in [0.3, 0.4) is 0 Å². The molecule has 0 aliphatic carbocycles. The fourth-order valence-corrected chi connectivity index (χ4v) is 2.20. The van der Waals surface area contributed by atoms with E-state index in [2.05, 4.69) is 15.9 Å². The van der Waals surface area contributed by atoms with Crippen molar-refractivity contribution in [2.45, 2.75) is 45.4 Å². The molecule has 0 radical (unpaired) electrons. The van der Waals surface area contributed by atoms with E-state index < -0.39 is 42.5 Å². The number of carbonyl (C=O) groups is 3. The van der Waals surface area contributed by atoms with Crippen molar-refractivity contribution in [1.82, 2.24) is 0 Å². The second-order valence-corrected chi connectivity index (χ2v) is 5.35. The smallest absolute Gasteiger partial charge is 0.303 e. The van der Waals surface area contributed by atoms with Gasteiger partial charge in [0.25, 0.3) is 0 Å². The van der Waals surface area contributed by atoms with Crippen molar-refractivity contribution in [3.8, 4) is 0 Å². The van der Waals surface area contributed by atoms with Gasteiger partial charge < -0.3 is 23.7 Å². The molecule has 0 bridgehead atoms. The van der Waals surface area contributed by atoms with Crippen LogP contribution < -0.4 is 0 Å². The number of hydrogen-bond donors (Lipinski definition) is 0. The summed E-state index contributed by atoms with van der Waals surface area (Å²) in [6, 6.07) is 0. The zero-order chi connectivity index (χ0) is 16.7. The third-order valence-corrected chi connectivity index (χ3v) is 2.99. The van der Waals surface area contributed by atoms with E-state index in [9.17, 15) is 14.4 Å². The summed E-state index contributed by atoms with van der Waals surface area (Å²) in [6.07, 6.45) is -3.83. The first-order chi connectivity index (χ1) is 10.3. The predicted molar refractivity (Wildman–Crippen MR) is 76.1 cm³/mol. The Labute approximate surface area is 136 Å². The number of esters is 3. The number of ether oxygens (including phenoxy) is 5. The largest absolute Gasteiger partial charge is 0.456 e. The second-order valence-electron chi connectivity index (χ2n) is 4.56. The highest BCUT2D eigenvalue weighted by molar-refractivity contribution is 9.09. The molecule has 22 heavy (non-hydrogen) atoms. The number of halogens is 1. The van der Waals surface area contributed by atoms with Gasteiger partial charge in [0.1, 0.15) is 0 Å². The molecule has 0 spiro atoms. The van der Waals surface area contributed by atoms with Crippen molar-refractivity contribution < 1.29 is 38.1 Å². The minimum absolute atomic E-state index is 0.0394. The molecule has 1 saturated heterocycles. The summed E-state index contributed by atoms with van der Waals surface area (Å²) < 4.78 is 26.3. The van der Waals surface area contributed by atoms with E-state index in [1.807, 2.05) is 0 Å². The summed E-state index contributed by atoms with van der Waals surface area (Å²) in [5.41, 5.74) is 0. The average Bonchev–Trinajstić information content (AvgIpc) is 2.40. The van der Waals surface area contributed by atoms with E-state index in [1.54, 1.807) is 0 Å². The summed E-state index contributed by atoms with van der Waals surface area (Å²) in [5, 5.41) is 0.547. The van der Waals surface area contributed by atoms with Crippen molar-refractivity contribution in [3.05, 3.63) is 0 Å². The lowest BCUT2D eigenvalue weighted by Crippen LogP contribution is -2.58. The van der Waals surface area contributed by atoms with E-state index in [0.717, 1.165) is 0 Å². The molecule has 0 amide bonds. The standard InChI is InChI=1S/C13H19BrO8/c1-7(15)20-10-6-19-13(18-5-4-14)12(22-9(3)17)11(10)21-8(2)16/h10-13H,4-6H2,1-3H3/t10-,11+,12-,13-/m1/s1. The van der Waals surface area contributed by atoms with Crippen molar-refractivity contribution >= 4 is 33.8 Å². The van der Waals surface area contributed by atoms with E-state index in [-0.39, 0.29) is 6.61 Å². The maximum Gasteiger partial charge on any atom is 0.303 e. The first kappa shape index (κ1) is 18.9. The number of alkyl halides is 1. The molecule has 0 aromatic carbocycles. The van der Waals surface area contributed by atoms with Gasteiger partial charge in [-0.05, 0) is 0 Å². The van der Waals surface area contributed by atoms with E-state index >= 15 is 0 Å². The zero-order valence-corrected chi connectivity index (χ0v) is 14.2. The molecule has 0 unspecified atom stereocenters. The Morgan fingerprint density at radius 3 is 2.05 bits per heavy atom. The van der Waals surface area contributed by atoms with Crippen LogP contribution >= 0.6 is 15.9 Å². The van der Waals surface area contributed by atoms with Crippen molar-refractivity contribution in [1.29, 1.82) is 0 Å². The number of carbonyl (C=O) groups excluding carboxylic acids is 3. The van der Waals surface area contributed by atoms with Crippen molar-refractivity contribution in [2.75, 3.05) is 18.5 Å². The van der Waals surface area contributed by atoms with Crippen LogP contribution in [0.5, 0.6) is 0 Å². The van der Waals surface area contributed by atoms with Crippen LogP contribution in [0.15, 0.2) is 0 Å². The third-order valence-electron chi connectivity index (χ3n) is 2.66. The number of hydrogen-bond acceptors (Lipinski definition) is 8. The lowest BCUT2D eigenvalue weighted by molar-refractivity contribution is -0.279. The molecule has 4 atom stereocenters. The molecule has 9 heteroatoms. The van der Waals surface area contributed by atoms with Crippen LogP contribution in [0.25, 0.3) is 0 Å². The molecule has 1 rings (SSSR count). The van der Waals surface area contributed by atoms with Crippen molar-refractivity contribution in [2.24, 2.45) is 0 Å². The summed E-state index contributed by atoms with van der Waals surface area (Å²) in [6.45, 7) is 3.90. The van der Waals surface area contributed by atoms with Crippen LogP contribution in [-0.4, -0.2) is 61.1 Å². The van der Waals surface area contributed by atoms with Gasteiger partial charge in [-0.3, -0.25) is 14.4 Å². The highest BCUT2D eigenvalue weighted by Gasteiger charge is 2.47. The Morgan fingerprint density at radius 1 is 1.00 bits per heavy atom. The Balaban J connectivity index is 2.95. The molecule has 0 N–H and O–H groups in total. The minimum atomic E-state index is -1.03. The first-order valence-corrected chi connectivity index (χ1v) is 7.78. The fourth-order valence-electron chi connectivity index (χ4n) is 2.01. The normalized spacial score (nSPS) is 27.8. The molecular weight excluding hydrogens is 364 g/mol. The Bertz CT molecular complexity index is 413. The lowest BCUT2D eigenvalue weighted by atomic mass is 10.0. The highest BCUT2D eigenvalue weighted by Crippen LogP contribution is 2.25. The maximum absolute atomic E-state index is 11.3. The van der Waals surface area contributed by atoms with E-state index in [4.69, 9.17) is 23.7 Å². The summed E-state index contributed by atoms with van der Waals surface area (Å²) in [7, 11) is 0. The average molecular weight is 383 g/mol. The Morgan fingerprint density at radius 2 is 1.55 bits per heavy atom. The molecule has 126 valence electrons. The maximum atomic E-state index is 11.3. The lowest BCUT2D eigenvalue weighted by Gasteiger charge is -2.40. The summed E-state index contributed by atoms with van der Waals surface area (Å²) in [5.74, 6) is -1.76. The first-order valence-electron chi connectivity index (χ1n) is 6.66. The molecule has 1 aliphatic rings. The van der Waals surface area contributed by atoms with E-state index in [0.29, 0.717) is 11.9 Å². The van der Waals surface area contributed by atoms with Crippen LogP contribution in [0.2, 0.25) is 0 Å². The molecule has 1 aliphatic heterocycles. The van der Waals surface area contributed by atoms with Crippen LogP contribution in [0.1, 0.15) is 20.8 Å². The molecule has 0 aromatic rings. The fraction of sp³-hybridized carbons (Fsp3) is 0.769. The second kappa shape index (κ2) is 9.06. The van der Waals surface area contributed by atoms with Crippen LogP contribution in [0.4, 0.5) is 0 Å². The molecular formula is C13H19BrO8. The summed E-state index contributed by atoms with van der Waals surface area (Å²) in [4.78, 5) is 33.8. The monoisotopic (exact) mass is 382 g/mol. The van der Waals surface area contributed by atoms with Crippen molar-refractivity contribution in [3.63, 3.8) is 0 Å². The predicted octanol–water partition coefficient (Wildman–Crippen LogP) is 0.549. The van der Waals surface area contributed by atoms with Gasteiger partial charge in [-0.25, -0.2) is 0 Å². The topological polar surface area (TPSA) is 97.4 Å². The van der Waals surface area contributed by atoms with Gasteiger partial charge in [0, 0.05) is 26.1 Å². The highest BCUT2D eigenvalue weighted by atomic mass is 79.9. The Kier molecular flexibility index (Phi) is 7.77. The molecule has 0 saturated carbocycles.